The SMILES string of the molecule is CC(C)c1ncn(C(=O)N(C)C)n1. The highest BCUT2D eigenvalue weighted by molar-refractivity contribution is 5.74. The third-order valence-corrected chi connectivity index (χ3v) is 1.60. The third-order valence-electron chi connectivity index (χ3n) is 1.60. The average Bonchev–Trinajstić information content (AvgIpc) is 2.50. The van der Waals surface area contributed by atoms with Gasteiger partial charge in [-0.15, -0.1) is 5.10 Å². The van der Waals surface area contributed by atoms with Crippen molar-refractivity contribution in [2.24, 2.45) is 0 Å². The Morgan fingerprint density at radius 3 is 2.54 bits per heavy atom. The van der Waals surface area contributed by atoms with E-state index in [0.29, 0.717) is 5.82 Å². The zero-order chi connectivity index (χ0) is 10.0. The Kier molecular flexibility index (Phi) is 2.65. The van der Waals surface area contributed by atoms with Gasteiger partial charge >= 0.3 is 6.03 Å². The molecule has 1 aromatic rings. The Morgan fingerprint density at radius 2 is 2.15 bits per heavy atom. The summed E-state index contributed by atoms with van der Waals surface area (Å²) in [4.78, 5) is 16.8. The molecule has 1 rings (SSSR count). The summed E-state index contributed by atoms with van der Waals surface area (Å²) in [5.41, 5.74) is 0. The van der Waals surface area contributed by atoms with Crippen LogP contribution in [0.5, 0.6) is 0 Å². The Morgan fingerprint density at radius 1 is 1.54 bits per heavy atom. The van der Waals surface area contributed by atoms with E-state index in [4.69, 9.17) is 0 Å². The van der Waals surface area contributed by atoms with Crippen LogP contribution < -0.4 is 0 Å². The van der Waals surface area contributed by atoms with Gasteiger partial charge < -0.3 is 4.90 Å². The van der Waals surface area contributed by atoms with E-state index >= 15 is 0 Å². The number of rotatable bonds is 1. The van der Waals surface area contributed by atoms with Crippen LogP contribution in [-0.4, -0.2) is 39.8 Å². The highest BCUT2D eigenvalue weighted by Gasteiger charge is 2.11. The molecular formula is C8H14N4O. The number of aromatic nitrogens is 3. The van der Waals surface area contributed by atoms with Gasteiger partial charge in [0.05, 0.1) is 0 Å². The predicted octanol–water partition coefficient (Wildman–Crippen LogP) is 0.931. The quantitative estimate of drug-likeness (QED) is 0.649. The van der Waals surface area contributed by atoms with Crippen molar-refractivity contribution in [2.45, 2.75) is 19.8 Å². The number of nitrogens with zero attached hydrogens (tertiary/aromatic N) is 4. The Balaban J connectivity index is 2.86. The third kappa shape index (κ3) is 2.05. The second-order valence-electron chi connectivity index (χ2n) is 3.38. The van der Waals surface area contributed by atoms with Crippen molar-refractivity contribution < 1.29 is 4.79 Å². The highest BCUT2D eigenvalue weighted by Crippen LogP contribution is 2.06. The van der Waals surface area contributed by atoms with Crippen LogP contribution in [-0.2, 0) is 0 Å². The van der Waals surface area contributed by atoms with Crippen LogP contribution in [0.25, 0.3) is 0 Å². The summed E-state index contributed by atoms with van der Waals surface area (Å²) in [6.07, 6.45) is 1.44. The first-order chi connectivity index (χ1) is 6.02. The molecule has 0 aliphatic carbocycles. The zero-order valence-electron chi connectivity index (χ0n) is 8.35. The molecule has 0 aromatic carbocycles. The van der Waals surface area contributed by atoms with Gasteiger partial charge in [0.1, 0.15) is 6.33 Å². The van der Waals surface area contributed by atoms with Gasteiger partial charge in [-0.05, 0) is 0 Å². The first kappa shape index (κ1) is 9.70. The molecule has 0 saturated heterocycles. The fourth-order valence-corrected chi connectivity index (χ4v) is 0.837. The van der Waals surface area contributed by atoms with Crippen molar-refractivity contribution in [3.63, 3.8) is 0 Å². The molecule has 0 spiro atoms. The van der Waals surface area contributed by atoms with Crippen LogP contribution in [0.3, 0.4) is 0 Å². The highest BCUT2D eigenvalue weighted by atomic mass is 16.2. The second kappa shape index (κ2) is 3.55. The Hall–Kier alpha value is -1.39. The minimum atomic E-state index is -0.181. The van der Waals surface area contributed by atoms with E-state index in [1.807, 2.05) is 13.8 Å². The lowest BCUT2D eigenvalue weighted by Crippen LogP contribution is -2.27. The molecule has 0 radical (unpaired) electrons. The predicted molar refractivity (Wildman–Crippen MR) is 48.6 cm³/mol. The van der Waals surface area contributed by atoms with Gasteiger partial charge in [0.15, 0.2) is 5.82 Å². The molecule has 13 heavy (non-hydrogen) atoms. The van der Waals surface area contributed by atoms with E-state index in [-0.39, 0.29) is 11.9 Å². The normalized spacial score (nSPS) is 10.5. The van der Waals surface area contributed by atoms with Gasteiger partial charge in [-0.1, -0.05) is 13.8 Å². The lowest BCUT2D eigenvalue weighted by atomic mass is 10.2. The average molecular weight is 182 g/mol. The molecule has 1 amide bonds. The summed E-state index contributed by atoms with van der Waals surface area (Å²) >= 11 is 0. The minimum Gasteiger partial charge on any atom is -0.329 e. The van der Waals surface area contributed by atoms with Gasteiger partial charge in [-0.3, -0.25) is 0 Å². The van der Waals surface area contributed by atoms with E-state index in [9.17, 15) is 4.79 Å². The van der Waals surface area contributed by atoms with Gasteiger partial charge in [0, 0.05) is 20.0 Å². The molecule has 0 aliphatic heterocycles. The van der Waals surface area contributed by atoms with Crippen molar-refractivity contribution in [3.8, 4) is 0 Å². The topological polar surface area (TPSA) is 51.0 Å². The first-order valence-electron chi connectivity index (χ1n) is 4.15. The van der Waals surface area contributed by atoms with E-state index in [1.165, 1.54) is 15.9 Å². The lowest BCUT2D eigenvalue weighted by molar-refractivity contribution is 0.215. The van der Waals surface area contributed by atoms with E-state index in [2.05, 4.69) is 10.1 Å². The monoisotopic (exact) mass is 182 g/mol. The summed E-state index contributed by atoms with van der Waals surface area (Å²) in [5.74, 6) is 0.936. The van der Waals surface area contributed by atoms with Crippen molar-refractivity contribution in [1.29, 1.82) is 0 Å². The standard InChI is InChI=1S/C8H14N4O/c1-6(2)7-9-5-12(10-7)8(13)11(3)4/h5-6H,1-4H3. The largest absolute Gasteiger partial charge is 0.345 e. The summed E-state index contributed by atoms with van der Waals surface area (Å²) < 4.78 is 1.25. The molecule has 0 saturated carbocycles. The molecule has 0 unspecified atom stereocenters. The van der Waals surface area contributed by atoms with Crippen LogP contribution in [0, 0.1) is 0 Å². The molecule has 1 aromatic heterocycles. The van der Waals surface area contributed by atoms with E-state index in [0.717, 1.165) is 0 Å². The summed E-state index contributed by atoms with van der Waals surface area (Å²) in [5, 5.41) is 4.05. The molecule has 0 bridgehead atoms. The maximum atomic E-state index is 11.4. The fraction of sp³-hybridized carbons (Fsp3) is 0.625. The van der Waals surface area contributed by atoms with Crippen molar-refractivity contribution >= 4 is 6.03 Å². The first-order valence-corrected chi connectivity index (χ1v) is 4.15. The molecule has 0 fully saturated rings. The van der Waals surface area contributed by atoms with E-state index < -0.39 is 0 Å². The van der Waals surface area contributed by atoms with Gasteiger partial charge in [-0.25, -0.2) is 9.78 Å². The minimum absolute atomic E-state index is 0.181. The van der Waals surface area contributed by atoms with Gasteiger partial charge in [0.25, 0.3) is 0 Å². The Bertz CT molecular complexity index is 303. The maximum Gasteiger partial charge on any atom is 0.345 e. The number of hydrogen-bond donors (Lipinski definition) is 0. The maximum absolute atomic E-state index is 11.4. The van der Waals surface area contributed by atoms with Crippen molar-refractivity contribution in [3.05, 3.63) is 12.2 Å². The zero-order valence-corrected chi connectivity index (χ0v) is 8.35. The molecule has 1 heterocycles. The number of amides is 1. The summed E-state index contributed by atoms with van der Waals surface area (Å²) in [7, 11) is 3.36. The van der Waals surface area contributed by atoms with Gasteiger partial charge in [-0.2, -0.15) is 4.68 Å². The summed E-state index contributed by atoms with van der Waals surface area (Å²) in [6.45, 7) is 3.97. The number of carbonyl (C=O) groups is 1. The second-order valence-corrected chi connectivity index (χ2v) is 3.38. The van der Waals surface area contributed by atoms with E-state index in [1.54, 1.807) is 14.1 Å². The molecule has 72 valence electrons. The molecule has 5 heteroatoms. The lowest BCUT2D eigenvalue weighted by Gasteiger charge is -2.08. The number of hydrogen-bond acceptors (Lipinski definition) is 3. The van der Waals surface area contributed by atoms with Gasteiger partial charge in [0.2, 0.25) is 0 Å². The molecule has 0 aliphatic rings. The Labute approximate surface area is 77.4 Å². The van der Waals surface area contributed by atoms with Crippen LogP contribution >= 0.6 is 0 Å². The van der Waals surface area contributed by atoms with Crippen LogP contribution in [0.15, 0.2) is 6.33 Å². The fourth-order valence-electron chi connectivity index (χ4n) is 0.837. The molecule has 0 atom stereocenters. The van der Waals surface area contributed by atoms with Crippen LogP contribution in [0.2, 0.25) is 0 Å². The van der Waals surface area contributed by atoms with Crippen molar-refractivity contribution in [1.82, 2.24) is 19.7 Å². The molecule has 5 nitrogen and oxygen atoms in total. The van der Waals surface area contributed by atoms with Crippen LogP contribution in [0.4, 0.5) is 4.79 Å². The summed E-state index contributed by atoms with van der Waals surface area (Å²) in [6, 6.07) is -0.181. The molecule has 0 N–H and O–H groups in total. The van der Waals surface area contributed by atoms with Crippen LogP contribution in [0.1, 0.15) is 25.6 Å². The smallest absolute Gasteiger partial charge is 0.329 e. The molecular weight excluding hydrogens is 168 g/mol. The number of carbonyl (C=O) groups excluding carboxylic acids is 1. The van der Waals surface area contributed by atoms with Crippen molar-refractivity contribution in [2.75, 3.05) is 14.1 Å².